The SMILES string of the molecule is Cc1nc(S(C)(=O)=O)sc1CCCN. The van der Waals surface area contributed by atoms with Crippen LogP contribution >= 0.6 is 11.3 Å². The Morgan fingerprint density at radius 1 is 1.50 bits per heavy atom. The minimum Gasteiger partial charge on any atom is -0.330 e. The lowest BCUT2D eigenvalue weighted by atomic mass is 10.2. The molecule has 1 aromatic heterocycles. The smallest absolute Gasteiger partial charge is 0.209 e. The summed E-state index contributed by atoms with van der Waals surface area (Å²) in [6.45, 7) is 2.45. The van der Waals surface area contributed by atoms with Crippen LogP contribution in [0.3, 0.4) is 0 Å². The van der Waals surface area contributed by atoms with Crippen molar-refractivity contribution in [3.8, 4) is 0 Å². The molecule has 0 fully saturated rings. The molecule has 0 aromatic carbocycles. The molecule has 0 bridgehead atoms. The van der Waals surface area contributed by atoms with Gasteiger partial charge >= 0.3 is 0 Å². The van der Waals surface area contributed by atoms with Crippen LogP contribution in [0, 0.1) is 6.92 Å². The Labute approximate surface area is 88.1 Å². The summed E-state index contributed by atoms with van der Waals surface area (Å²) in [5.41, 5.74) is 6.19. The van der Waals surface area contributed by atoms with Gasteiger partial charge in [-0.2, -0.15) is 0 Å². The van der Waals surface area contributed by atoms with Crippen LogP contribution in [0.5, 0.6) is 0 Å². The molecule has 1 aromatic rings. The van der Waals surface area contributed by atoms with E-state index in [1.165, 1.54) is 17.6 Å². The zero-order valence-corrected chi connectivity index (χ0v) is 9.91. The number of aryl methyl sites for hydroxylation is 2. The van der Waals surface area contributed by atoms with Crippen molar-refractivity contribution in [3.05, 3.63) is 10.6 Å². The topological polar surface area (TPSA) is 73.0 Å². The van der Waals surface area contributed by atoms with Crippen molar-refractivity contribution in [2.75, 3.05) is 12.8 Å². The highest BCUT2D eigenvalue weighted by Gasteiger charge is 2.15. The Morgan fingerprint density at radius 2 is 2.14 bits per heavy atom. The molecule has 1 heterocycles. The first-order valence-corrected chi connectivity index (χ1v) is 7.02. The van der Waals surface area contributed by atoms with Crippen LogP contribution in [0.15, 0.2) is 4.34 Å². The van der Waals surface area contributed by atoms with Crippen LogP contribution in [0.1, 0.15) is 17.0 Å². The average Bonchev–Trinajstić information content (AvgIpc) is 2.43. The van der Waals surface area contributed by atoms with Crippen LogP contribution in [-0.4, -0.2) is 26.2 Å². The van der Waals surface area contributed by atoms with Gasteiger partial charge in [0, 0.05) is 11.1 Å². The van der Waals surface area contributed by atoms with E-state index in [1.807, 2.05) is 6.92 Å². The number of nitrogens with two attached hydrogens (primary N) is 1. The highest BCUT2D eigenvalue weighted by molar-refractivity contribution is 7.92. The molecule has 0 unspecified atom stereocenters. The second kappa shape index (κ2) is 4.37. The first kappa shape index (κ1) is 11.6. The number of hydrogen-bond acceptors (Lipinski definition) is 5. The number of aromatic nitrogens is 1. The van der Waals surface area contributed by atoms with Gasteiger partial charge in [0.05, 0.1) is 5.69 Å². The summed E-state index contributed by atoms with van der Waals surface area (Å²) in [5, 5.41) is 0. The number of nitrogens with zero attached hydrogens (tertiary/aromatic N) is 1. The van der Waals surface area contributed by atoms with E-state index in [4.69, 9.17) is 5.73 Å². The molecule has 6 heteroatoms. The maximum Gasteiger partial charge on any atom is 0.209 e. The normalized spacial score (nSPS) is 11.9. The Kier molecular flexibility index (Phi) is 3.63. The Hall–Kier alpha value is -0.460. The largest absolute Gasteiger partial charge is 0.330 e. The Balaban J connectivity index is 2.94. The molecule has 0 saturated heterocycles. The van der Waals surface area contributed by atoms with Gasteiger partial charge in [-0.3, -0.25) is 0 Å². The predicted octanol–water partition coefficient (Wildman–Crippen LogP) is 0.746. The van der Waals surface area contributed by atoms with Gasteiger partial charge in [-0.25, -0.2) is 13.4 Å². The first-order chi connectivity index (χ1) is 6.45. The highest BCUT2D eigenvalue weighted by atomic mass is 32.2. The van der Waals surface area contributed by atoms with Crippen molar-refractivity contribution in [1.82, 2.24) is 4.98 Å². The van der Waals surface area contributed by atoms with E-state index in [0.29, 0.717) is 6.54 Å². The predicted molar refractivity (Wildman–Crippen MR) is 57.3 cm³/mol. The summed E-state index contributed by atoms with van der Waals surface area (Å²) in [7, 11) is -3.15. The fraction of sp³-hybridized carbons (Fsp3) is 0.625. The van der Waals surface area contributed by atoms with Gasteiger partial charge in [0.1, 0.15) is 0 Å². The summed E-state index contributed by atoms with van der Waals surface area (Å²) >= 11 is 1.25. The van der Waals surface area contributed by atoms with Crippen LogP contribution < -0.4 is 5.73 Å². The van der Waals surface area contributed by atoms with Gasteiger partial charge in [-0.05, 0) is 26.3 Å². The first-order valence-electron chi connectivity index (χ1n) is 4.31. The van der Waals surface area contributed by atoms with Crippen LogP contribution in [0.4, 0.5) is 0 Å². The molecule has 0 atom stereocenters. The lowest BCUT2D eigenvalue weighted by molar-refractivity contribution is 0.601. The van der Waals surface area contributed by atoms with Crippen molar-refractivity contribution in [3.63, 3.8) is 0 Å². The second-order valence-corrected chi connectivity index (χ2v) is 6.43. The molecule has 0 spiro atoms. The van der Waals surface area contributed by atoms with Crippen LogP contribution in [0.25, 0.3) is 0 Å². The molecule has 4 nitrogen and oxygen atoms in total. The highest BCUT2D eigenvalue weighted by Crippen LogP contribution is 2.22. The molecule has 0 aliphatic carbocycles. The standard InChI is InChI=1S/C8H14N2O2S2/c1-6-7(4-3-5-9)13-8(10-6)14(2,11)12/h3-5,9H2,1-2H3. The van der Waals surface area contributed by atoms with E-state index in [2.05, 4.69) is 4.98 Å². The third kappa shape index (κ3) is 2.76. The maximum absolute atomic E-state index is 11.2. The van der Waals surface area contributed by atoms with E-state index in [0.717, 1.165) is 23.4 Å². The molecule has 0 aliphatic rings. The van der Waals surface area contributed by atoms with Gasteiger partial charge in [0.25, 0.3) is 0 Å². The van der Waals surface area contributed by atoms with Crippen molar-refractivity contribution in [2.24, 2.45) is 5.73 Å². The van der Waals surface area contributed by atoms with Gasteiger partial charge in [0.15, 0.2) is 0 Å². The molecule has 1 rings (SSSR count). The van der Waals surface area contributed by atoms with E-state index >= 15 is 0 Å². The molecule has 0 radical (unpaired) electrons. The monoisotopic (exact) mass is 234 g/mol. The van der Waals surface area contributed by atoms with Gasteiger partial charge in [-0.1, -0.05) is 0 Å². The summed E-state index contributed by atoms with van der Waals surface area (Å²) in [4.78, 5) is 5.05. The third-order valence-corrected chi connectivity index (χ3v) is 4.69. The maximum atomic E-state index is 11.2. The Morgan fingerprint density at radius 3 is 2.57 bits per heavy atom. The summed E-state index contributed by atoms with van der Waals surface area (Å²) in [6, 6.07) is 0. The minimum atomic E-state index is -3.15. The zero-order chi connectivity index (χ0) is 10.8. The molecule has 0 amide bonds. The van der Waals surface area contributed by atoms with Gasteiger partial charge < -0.3 is 5.73 Å². The minimum absolute atomic E-state index is 0.210. The molecular weight excluding hydrogens is 220 g/mol. The third-order valence-electron chi connectivity index (χ3n) is 1.80. The zero-order valence-electron chi connectivity index (χ0n) is 8.28. The number of hydrogen-bond donors (Lipinski definition) is 1. The summed E-state index contributed by atoms with van der Waals surface area (Å²) in [6.07, 6.45) is 2.86. The quantitative estimate of drug-likeness (QED) is 0.834. The van der Waals surface area contributed by atoms with E-state index < -0.39 is 9.84 Å². The van der Waals surface area contributed by atoms with E-state index in [1.54, 1.807) is 0 Å². The average molecular weight is 234 g/mol. The van der Waals surface area contributed by atoms with Gasteiger partial charge in [0.2, 0.25) is 14.2 Å². The second-order valence-electron chi connectivity index (χ2n) is 3.15. The molecule has 14 heavy (non-hydrogen) atoms. The summed E-state index contributed by atoms with van der Waals surface area (Å²) in [5.74, 6) is 0. The molecule has 2 N–H and O–H groups in total. The molecule has 0 aliphatic heterocycles. The van der Waals surface area contributed by atoms with Gasteiger partial charge in [-0.15, -0.1) is 11.3 Å². The Bertz CT molecular complexity index is 409. The van der Waals surface area contributed by atoms with Crippen LogP contribution in [-0.2, 0) is 16.3 Å². The molecule has 80 valence electrons. The lowest BCUT2D eigenvalue weighted by Crippen LogP contribution is -1.99. The molecular formula is C8H14N2O2S2. The fourth-order valence-corrected chi connectivity index (χ4v) is 3.10. The number of thiazole rings is 1. The van der Waals surface area contributed by atoms with E-state index in [-0.39, 0.29) is 4.34 Å². The van der Waals surface area contributed by atoms with Crippen LogP contribution in [0.2, 0.25) is 0 Å². The van der Waals surface area contributed by atoms with E-state index in [9.17, 15) is 8.42 Å². The van der Waals surface area contributed by atoms with Crippen molar-refractivity contribution in [1.29, 1.82) is 0 Å². The number of sulfone groups is 1. The van der Waals surface area contributed by atoms with Crippen molar-refractivity contribution in [2.45, 2.75) is 24.1 Å². The number of rotatable bonds is 4. The fourth-order valence-electron chi connectivity index (χ4n) is 1.05. The van der Waals surface area contributed by atoms with Crippen molar-refractivity contribution >= 4 is 21.2 Å². The summed E-state index contributed by atoms with van der Waals surface area (Å²) < 4.78 is 22.6. The molecule has 0 saturated carbocycles. The lowest BCUT2D eigenvalue weighted by Gasteiger charge is -1.93. The van der Waals surface area contributed by atoms with Crippen molar-refractivity contribution < 1.29 is 8.42 Å².